The highest BCUT2D eigenvalue weighted by Gasteiger charge is 2.26. The quantitative estimate of drug-likeness (QED) is 0.712. The van der Waals surface area contributed by atoms with Crippen molar-refractivity contribution in [1.82, 2.24) is 9.61 Å². The maximum atomic E-state index is 11.9. The lowest BCUT2D eigenvalue weighted by molar-refractivity contribution is 0.0977. The van der Waals surface area contributed by atoms with E-state index in [1.165, 1.54) is 12.8 Å². The number of carbonyl (C=O) groups is 1. The SMILES string of the molecule is O=C(CC1CC1)c1cnn2ccccc12. The molecule has 0 aromatic carbocycles. The Labute approximate surface area is 87.7 Å². The Hall–Kier alpha value is -1.64. The minimum Gasteiger partial charge on any atom is -0.294 e. The predicted octanol–water partition coefficient (Wildman–Crippen LogP) is 2.32. The second kappa shape index (κ2) is 3.19. The summed E-state index contributed by atoms with van der Waals surface area (Å²) >= 11 is 0. The molecule has 0 saturated heterocycles. The van der Waals surface area contributed by atoms with E-state index in [0.717, 1.165) is 11.1 Å². The van der Waals surface area contributed by atoms with Crippen molar-refractivity contribution in [3.8, 4) is 0 Å². The summed E-state index contributed by atoms with van der Waals surface area (Å²) < 4.78 is 1.75. The number of carbonyl (C=O) groups excluding carboxylic acids is 1. The number of rotatable bonds is 3. The molecule has 2 aromatic heterocycles. The summed E-state index contributed by atoms with van der Waals surface area (Å²) in [6.07, 6.45) is 6.66. The Bertz CT molecular complexity index is 511. The fourth-order valence-electron chi connectivity index (χ4n) is 1.84. The third-order valence-corrected chi connectivity index (χ3v) is 2.90. The van der Waals surface area contributed by atoms with Crippen LogP contribution >= 0.6 is 0 Å². The Morgan fingerprint density at radius 1 is 1.47 bits per heavy atom. The van der Waals surface area contributed by atoms with Crippen molar-refractivity contribution in [2.45, 2.75) is 19.3 Å². The van der Waals surface area contributed by atoms with Crippen LogP contribution in [-0.2, 0) is 0 Å². The van der Waals surface area contributed by atoms with Gasteiger partial charge in [-0.3, -0.25) is 4.79 Å². The van der Waals surface area contributed by atoms with Gasteiger partial charge in [0.15, 0.2) is 5.78 Å². The monoisotopic (exact) mass is 200 g/mol. The molecule has 2 aromatic rings. The molecule has 0 N–H and O–H groups in total. The van der Waals surface area contributed by atoms with Gasteiger partial charge < -0.3 is 0 Å². The standard InChI is InChI=1S/C12H12N2O/c15-12(7-9-4-5-9)10-8-13-14-6-2-1-3-11(10)14/h1-3,6,8-9H,4-5,7H2. The predicted molar refractivity (Wildman–Crippen MR) is 56.9 cm³/mol. The summed E-state index contributed by atoms with van der Waals surface area (Å²) in [7, 11) is 0. The largest absolute Gasteiger partial charge is 0.294 e. The molecule has 3 rings (SSSR count). The molecule has 1 aliphatic carbocycles. The van der Waals surface area contributed by atoms with Crippen LogP contribution in [0, 0.1) is 5.92 Å². The van der Waals surface area contributed by atoms with Crippen molar-refractivity contribution in [1.29, 1.82) is 0 Å². The fraction of sp³-hybridized carbons (Fsp3) is 0.333. The summed E-state index contributed by atoms with van der Waals surface area (Å²) in [5, 5.41) is 4.16. The molecule has 3 heteroatoms. The van der Waals surface area contributed by atoms with Gasteiger partial charge in [-0.25, -0.2) is 4.52 Å². The van der Waals surface area contributed by atoms with Gasteiger partial charge in [0.25, 0.3) is 0 Å². The molecular weight excluding hydrogens is 188 g/mol. The van der Waals surface area contributed by atoms with E-state index >= 15 is 0 Å². The number of pyridine rings is 1. The number of fused-ring (bicyclic) bond motifs is 1. The first-order chi connectivity index (χ1) is 7.34. The van der Waals surface area contributed by atoms with Crippen LogP contribution in [0.4, 0.5) is 0 Å². The van der Waals surface area contributed by atoms with E-state index in [0.29, 0.717) is 12.3 Å². The minimum atomic E-state index is 0.235. The van der Waals surface area contributed by atoms with E-state index in [1.54, 1.807) is 10.7 Å². The van der Waals surface area contributed by atoms with Gasteiger partial charge in [-0.05, 0) is 30.9 Å². The van der Waals surface area contributed by atoms with Crippen molar-refractivity contribution in [2.24, 2.45) is 5.92 Å². The molecule has 2 heterocycles. The van der Waals surface area contributed by atoms with Crippen molar-refractivity contribution in [2.75, 3.05) is 0 Å². The first-order valence-electron chi connectivity index (χ1n) is 5.30. The van der Waals surface area contributed by atoms with Crippen LogP contribution in [0.15, 0.2) is 30.6 Å². The lowest BCUT2D eigenvalue weighted by Crippen LogP contribution is -1.99. The molecule has 76 valence electrons. The molecule has 1 aliphatic rings. The zero-order valence-electron chi connectivity index (χ0n) is 8.39. The van der Waals surface area contributed by atoms with Crippen LogP contribution in [0.25, 0.3) is 5.52 Å². The number of Topliss-reactive ketones (excluding diaryl/α,β-unsaturated/α-hetero) is 1. The highest BCUT2D eigenvalue weighted by Crippen LogP contribution is 2.33. The number of hydrogen-bond acceptors (Lipinski definition) is 2. The van der Waals surface area contributed by atoms with Gasteiger partial charge in [-0.15, -0.1) is 0 Å². The zero-order valence-corrected chi connectivity index (χ0v) is 8.39. The molecule has 0 aliphatic heterocycles. The first-order valence-corrected chi connectivity index (χ1v) is 5.30. The van der Waals surface area contributed by atoms with Gasteiger partial charge >= 0.3 is 0 Å². The zero-order chi connectivity index (χ0) is 10.3. The second-order valence-electron chi connectivity index (χ2n) is 4.16. The number of aromatic nitrogens is 2. The molecule has 0 bridgehead atoms. The summed E-state index contributed by atoms with van der Waals surface area (Å²) in [5.41, 5.74) is 1.69. The summed E-state index contributed by atoms with van der Waals surface area (Å²) in [5.74, 6) is 0.870. The first kappa shape index (κ1) is 8.65. The smallest absolute Gasteiger partial charge is 0.166 e. The third kappa shape index (κ3) is 1.54. The molecule has 0 unspecified atom stereocenters. The van der Waals surface area contributed by atoms with Crippen LogP contribution in [-0.4, -0.2) is 15.4 Å². The summed E-state index contributed by atoms with van der Waals surface area (Å²) in [6.45, 7) is 0. The lowest BCUT2D eigenvalue weighted by Gasteiger charge is -1.96. The van der Waals surface area contributed by atoms with Crippen LogP contribution in [0.2, 0.25) is 0 Å². The third-order valence-electron chi connectivity index (χ3n) is 2.90. The molecule has 0 amide bonds. The Morgan fingerprint density at radius 2 is 2.33 bits per heavy atom. The van der Waals surface area contributed by atoms with E-state index in [1.807, 2.05) is 24.4 Å². The van der Waals surface area contributed by atoms with Crippen molar-refractivity contribution in [3.05, 3.63) is 36.2 Å². The average molecular weight is 200 g/mol. The fourth-order valence-corrected chi connectivity index (χ4v) is 1.84. The van der Waals surface area contributed by atoms with E-state index in [4.69, 9.17) is 0 Å². The van der Waals surface area contributed by atoms with E-state index in [-0.39, 0.29) is 5.78 Å². The van der Waals surface area contributed by atoms with Crippen LogP contribution in [0.1, 0.15) is 29.6 Å². The molecule has 0 spiro atoms. The summed E-state index contributed by atoms with van der Waals surface area (Å²) in [6, 6.07) is 5.78. The highest BCUT2D eigenvalue weighted by molar-refractivity contribution is 6.02. The van der Waals surface area contributed by atoms with Gasteiger partial charge in [0, 0.05) is 12.6 Å². The maximum Gasteiger partial charge on any atom is 0.166 e. The topological polar surface area (TPSA) is 34.4 Å². The highest BCUT2D eigenvalue weighted by atomic mass is 16.1. The number of hydrogen-bond donors (Lipinski definition) is 0. The Balaban J connectivity index is 1.98. The van der Waals surface area contributed by atoms with Crippen molar-refractivity contribution >= 4 is 11.3 Å². The molecule has 3 nitrogen and oxygen atoms in total. The molecule has 1 saturated carbocycles. The van der Waals surface area contributed by atoms with Gasteiger partial charge in [0.2, 0.25) is 0 Å². The normalized spacial score (nSPS) is 15.7. The van der Waals surface area contributed by atoms with E-state index in [2.05, 4.69) is 5.10 Å². The Kier molecular flexibility index (Phi) is 1.84. The number of nitrogens with zero attached hydrogens (tertiary/aromatic N) is 2. The molecular formula is C12H12N2O. The van der Waals surface area contributed by atoms with Crippen LogP contribution < -0.4 is 0 Å². The molecule has 1 fully saturated rings. The van der Waals surface area contributed by atoms with Gasteiger partial charge in [0.1, 0.15) is 0 Å². The van der Waals surface area contributed by atoms with Crippen LogP contribution in [0.5, 0.6) is 0 Å². The number of ketones is 1. The van der Waals surface area contributed by atoms with Gasteiger partial charge in [0.05, 0.1) is 17.3 Å². The van der Waals surface area contributed by atoms with Gasteiger partial charge in [-0.1, -0.05) is 6.07 Å². The van der Waals surface area contributed by atoms with Crippen LogP contribution in [0.3, 0.4) is 0 Å². The summed E-state index contributed by atoms with van der Waals surface area (Å²) in [4.78, 5) is 11.9. The molecule has 15 heavy (non-hydrogen) atoms. The maximum absolute atomic E-state index is 11.9. The van der Waals surface area contributed by atoms with Crippen molar-refractivity contribution in [3.63, 3.8) is 0 Å². The van der Waals surface area contributed by atoms with Gasteiger partial charge in [-0.2, -0.15) is 5.10 Å². The molecule has 0 atom stereocenters. The average Bonchev–Trinajstić information content (AvgIpc) is 2.96. The minimum absolute atomic E-state index is 0.235. The molecule has 0 radical (unpaired) electrons. The van der Waals surface area contributed by atoms with E-state index in [9.17, 15) is 4.79 Å². The second-order valence-corrected chi connectivity index (χ2v) is 4.16. The Morgan fingerprint density at radius 3 is 3.13 bits per heavy atom. The van der Waals surface area contributed by atoms with E-state index < -0.39 is 0 Å². The van der Waals surface area contributed by atoms with Crippen molar-refractivity contribution < 1.29 is 4.79 Å². The lowest BCUT2D eigenvalue weighted by atomic mass is 10.1.